The Morgan fingerprint density at radius 1 is 1.53 bits per heavy atom. The van der Waals surface area contributed by atoms with Gasteiger partial charge in [0.15, 0.2) is 0 Å². The van der Waals surface area contributed by atoms with Crippen molar-refractivity contribution in [3.8, 4) is 6.07 Å². The summed E-state index contributed by atoms with van der Waals surface area (Å²) < 4.78 is 5.06. The molecule has 19 heavy (non-hydrogen) atoms. The number of carbonyl (C=O) groups is 1. The van der Waals surface area contributed by atoms with Crippen LogP contribution < -0.4 is 5.32 Å². The number of carbonyl (C=O) groups excluding carboxylic acids is 1. The smallest absolute Gasteiger partial charge is 0.230 e. The molecule has 0 spiro atoms. The molecule has 0 radical (unpaired) electrons. The molecule has 1 amide bonds. The van der Waals surface area contributed by atoms with Gasteiger partial charge in [-0.1, -0.05) is 6.92 Å². The first kappa shape index (κ1) is 15.9. The van der Waals surface area contributed by atoms with Crippen molar-refractivity contribution in [1.82, 2.24) is 10.2 Å². The van der Waals surface area contributed by atoms with E-state index in [4.69, 9.17) is 10.00 Å². The zero-order valence-corrected chi connectivity index (χ0v) is 12.1. The Hall–Kier alpha value is -1.12. The minimum absolute atomic E-state index is 0.175. The van der Waals surface area contributed by atoms with Crippen molar-refractivity contribution in [2.24, 2.45) is 5.41 Å². The molecule has 0 aromatic heterocycles. The number of nitrogens with zero attached hydrogens (tertiary/aromatic N) is 2. The zero-order chi connectivity index (χ0) is 14.1. The van der Waals surface area contributed by atoms with Crippen molar-refractivity contribution in [1.29, 1.82) is 5.26 Å². The molecule has 1 atom stereocenters. The summed E-state index contributed by atoms with van der Waals surface area (Å²) in [7, 11) is 1.63. The standard InChI is InChI=1S/C14H25N3O2/c1-3-14(6-4-8-16-12-14)13(18)17(9-5-7-15)10-11-19-2/h16H,3-6,8-12H2,1-2H3. The van der Waals surface area contributed by atoms with E-state index in [0.29, 0.717) is 26.1 Å². The third kappa shape index (κ3) is 4.19. The third-order valence-electron chi connectivity index (χ3n) is 3.95. The van der Waals surface area contributed by atoms with Gasteiger partial charge in [-0.25, -0.2) is 0 Å². The average Bonchev–Trinajstić information content (AvgIpc) is 2.47. The van der Waals surface area contributed by atoms with E-state index in [-0.39, 0.29) is 11.3 Å². The lowest BCUT2D eigenvalue weighted by Crippen LogP contribution is -2.52. The molecule has 5 heteroatoms. The summed E-state index contributed by atoms with van der Waals surface area (Å²) in [6.45, 7) is 5.40. The first-order valence-corrected chi connectivity index (χ1v) is 7.06. The van der Waals surface area contributed by atoms with Crippen LogP contribution in [0, 0.1) is 16.7 Å². The van der Waals surface area contributed by atoms with Crippen molar-refractivity contribution < 1.29 is 9.53 Å². The first-order valence-electron chi connectivity index (χ1n) is 7.06. The second-order valence-electron chi connectivity index (χ2n) is 5.11. The Balaban J connectivity index is 2.74. The lowest BCUT2D eigenvalue weighted by atomic mass is 9.77. The number of ether oxygens (including phenoxy) is 1. The number of hydrogen-bond donors (Lipinski definition) is 1. The van der Waals surface area contributed by atoms with Crippen LogP contribution in [0.25, 0.3) is 0 Å². The van der Waals surface area contributed by atoms with Crippen molar-refractivity contribution in [3.63, 3.8) is 0 Å². The Kier molecular flexibility index (Phi) is 6.82. The fourth-order valence-corrected chi connectivity index (χ4v) is 2.64. The van der Waals surface area contributed by atoms with Gasteiger partial charge < -0.3 is 15.0 Å². The van der Waals surface area contributed by atoms with Gasteiger partial charge >= 0.3 is 0 Å². The number of amides is 1. The second kappa shape index (κ2) is 8.13. The van der Waals surface area contributed by atoms with E-state index in [1.54, 1.807) is 12.0 Å². The maximum absolute atomic E-state index is 12.8. The summed E-state index contributed by atoms with van der Waals surface area (Å²) in [5.41, 5.74) is -0.290. The molecule has 1 unspecified atom stereocenters. The van der Waals surface area contributed by atoms with E-state index in [1.807, 2.05) is 0 Å². The molecule has 0 aromatic rings. The zero-order valence-electron chi connectivity index (χ0n) is 12.1. The number of piperidine rings is 1. The lowest BCUT2D eigenvalue weighted by Gasteiger charge is -2.39. The molecule has 0 aliphatic carbocycles. The van der Waals surface area contributed by atoms with Gasteiger partial charge in [0.05, 0.1) is 24.5 Å². The monoisotopic (exact) mass is 267 g/mol. The van der Waals surface area contributed by atoms with Gasteiger partial charge in [-0.05, 0) is 25.8 Å². The van der Waals surface area contributed by atoms with Gasteiger partial charge in [-0.2, -0.15) is 5.26 Å². The van der Waals surface area contributed by atoms with Crippen LogP contribution in [0.2, 0.25) is 0 Å². The fraction of sp³-hybridized carbons (Fsp3) is 0.857. The molecule has 1 saturated heterocycles. The van der Waals surface area contributed by atoms with Gasteiger partial charge in [0.1, 0.15) is 0 Å². The third-order valence-corrected chi connectivity index (χ3v) is 3.95. The summed E-state index contributed by atoms with van der Waals surface area (Å²) in [4.78, 5) is 14.6. The normalized spacial score (nSPS) is 22.8. The largest absolute Gasteiger partial charge is 0.383 e. The first-order chi connectivity index (χ1) is 9.20. The van der Waals surface area contributed by atoms with E-state index in [0.717, 1.165) is 32.4 Å². The van der Waals surface area contributed by atoms with Crippen LogP contribution in [0.15, 0.2) is 0 Å². The van der Waals surface area contributed by atoms with Gasteiger partial charge in [-0.3, -0.25) is 4.79 Å². The highest BCUT2D eigenvalue weighted by Crippen LogP contribution is 2.32. The van der Waals surface area contributed by atoms with Crippen LogP contribution in [0.1, 0.15) is 32.6 Å². The Morgan fingerprint density at radius 2 is 2.32 bits per heavy atom. The number of rotatable bonds is 7. The number of methoxy groups -OCH3 is 1. The molecule has 1 aliphatic heterocycles. The van der Waals surface area contributed by atoms with E-state index >= 15 is 0 Å². The topological polar surface area (TPSA) is 65.4 Å². The molecule has 0 aromatic carbocycles. The molecular weight excluding hydrogens is 242 g/mol. The summed E-state index contributed by atoms with van der Waals surface area (Å²) in [5.74, 6) is 0.175. The number of nitriles is 1. The van der Waals surface area contributed by atoms with Crippen molar-refractivity contribution in [3.05, 3.63) is 0 Å². The fourth-order valence-electron chi connectivity index (χ4n) is 2.64. The summed E-state index contributed by atoms with van der Waals surface area (Å²) in [6, 6.07) is 2.11. The summed E-state index contributed by atoms with van der Waals surface area (Å²) >= 11 is 0. The molecule has 0 bridgehead atoms. The molecule has 1 aliphatic rings. The highest BCUT2D eigenvalue weighted by atomic mass is 16.5. The summed E-state index contributed by atoms with van der Waals surface area (Å²) in [5, 5.41) is 12.1. The summed E-state index contributed by atoms with van der Waals surface area (Å²) in [6.07, 6.45) is 3.19. The maximum atomic E-state index is 12.8. The molecule has 0 saturated carbocycles. The Labute approximate surface area is 115 Å². The van der Waals surface area contributed by atoms with Crippen LogP contribution in [0.3, 0.4) is 0 Å². The van der Waals surface area contributed by atoms with E-state index in [9.17, 15) is 4.79 Å². The molecule has 108 valence electrons. The van der Waals surface area contributed by atoms with Crippen molar-refractivity contribution in [2.45, 2.75) is 32.6 Å². The van der Waals surface area contributed by atoms with Crippen LogP contribution in [-0.2, 0) is 9.53 Å². The average molecular weight is 267 g/mol. The Bertz CT molecular complexity index is 319. The molecule has 1 rings (SSSR count). The highest BCUT2D eigenvalue weighted by Gasteiger charge is 2.40. The van der Waals surface area contributed by atoms with Crippen LogP contribution in [0.5, 0.6) is 0 Å². The number of hydrogen-bond acceptors (Lipinski definition) is 4. The Morgan fingerprint density at radius 3 is 2.84 bits per heavy atom. The van der Waals surface area contributed by atoms with Gasteiger partial charge in [0.25, 0.3) is 0 Å². The van der Waals surface area contributed by atoms with Crippen LogP contribution in [-0.4, -0.2) is 50.7 Å². The lowest BCUT2D eigenvalue weighted by molar-refractivity contribution is -0.144. The second-order valence-corrected chi connectivity index (χ2v) is 5.11. The highest BCUT2D eigenvalue weighted by molar-refractivity contribution is 5.83. The molecule has 1 fully saturated rings. The minimum Gasteiger partial charge on any atom is -0.383 e. The van der Waals surface area contributed by atoms with Crippen molar-refractivity contribution in [2.75, 3.05) is 39.9 Å². The van der Waals surface area contributed by atoms with Gasteiger partial charge in [0, 0.05) is 26.7 Å². The molecule has 1 N–H and O–H groups in total. The molecular formula is C14H25N3O2. The van der Waals surface area contributed by atoms with Crippen LogP contribution in [0.4, 0.5) is 0 Å². The van der Waals surface area contributed by atoms with E-state index in [1.165, 1.54) is 0 Å². The molecule has 5 nitrogen and oxygen atoms in total. The predicted molar refractivity (Wildman–Crippen MR) is 73.5 cm³/mol. The SMILES string of the molecule is CCC1(C(=O)N(CCC#N)CCOC)CCCNC1. The number of nitrogens with one attached hydrogen (secondary N) is 1. The van der Waals surface area contributed by atoms with Gasteiger partial charge in [0.2, 0.25) is 5.91 Å². The quantitative estimate of drug-likeness (QED) is 0.751. The van der Waals surface area contributed by atoms with Crippen LogP contribution >= 0.6 is 0 Å². The van der Waals surface area contributed by atoms with E-state index < -0.39 is 0 Å². The van der Waals surface area contributed by atoms with Crippen molar-refractivity contribution >= 4 is 5.91 Å². The van der Waals surface area contributed by atoms with Gasteiger partial charge in [-0.15, -0.1) is 0 Å². The predicted octanol–water partition coefficient (Wildman–Crippen LogP) is 1.15. The van der Waals surface area contributed by atoms with E-state index in [2.05, 4.69) is 18.3 Å². The maximum Gasteiger partial charge on any atom is 0.230 e. The minimum atomic E-state index is -0.290. The molecule has 1 heterocycles.